The van der Waals surface area contributed by atoms with E-state index in [1.54, 1.807) is 0 Å². The van der Waals surface area contributed by atoms with Crippen molar-refractivity contribution < 1.29 is 0 Å². The van der Waals surface area contributed by atoms with Crippen molar-refractivity contribution in [2.24, 2.45) is 0 Å². The summed E-state index contributed by atoms with van der Waals surface area (Å²) in [6.07, 6.45) is 2.29. The molecule has 0 aromatic heterocycles. The third kappa shape index (κ3) is 1.29. The molecule has 0 saturated carbocycles. The Bertz CT molecular complexity index is 337. The zero-order valence-electron chi connectivity index (χ0n) is 7.42. The second kappa shape index (κ2) is 2.98. The molecule has 0 bridgehead atoms. The van der Waals surface area contributed by atoms with Gasteiger partial charge >= 0.3 is 0 Å². The van der Waals surface area contributed by atoms with E-state index >= 15 is 0 Å². The largest absolute Gasteiger partial charge is 0.121 e. The van der Waals surface area contributed by atoms with Crippen molar-refractivity contribution in [1.82, 2.24) is 0 Å². The SMILES string of the molecule is CC1=Cc2cccc(C)c2SC1. The van der Waals surface area contributed by atoms with Gasteiger partial charge in [-0.1, -0.05) is 29.8 Å². The summed E-state index contributed by atoms with van der Waals surface area (Å²) in [5.74, 6) is 1.15. The first-order valence-electron chi connectivity index (χ1n) is 4.17. The van der Waals surface area contributed by atoms with Gasteiger partial charge in [0.25, 0.3) is 0 Å². The highest BCUT2D eigenvalue weighted by Gasteiger charge is 2.09. The number of hydrogen-bond acceptors (Lipinski definition) is 1. The standard InChI is InChI=1S/C11H12S/c1-8-6-10-5-3-4-9(2)11(10)12-7-8/h3-6H,7H2,1-2H3. The Hall–Kier alpha value is -0.690. The van der Waals surface area contributed by atoms with Gasteiger partial charge < -0.3 is 0 Å². The van der Waals surface area contributed by atoms with Crippen LogP contribution in [0.2, 0.25) is 0 Å². The van der Waals surface area contributed by atoms with Crippen LogP contribution in [-0.4, -0.2) is 5.75 Å². The lowest BCUT2D eigenvalue weighted by atomic mass is 10.1. The predicted molar refractivity (Wildman–Crippen MR) is 55.6 cm³/mol. The van der Waals surface area contributed by atoms with E-state index < -0.39 is 0 Å². The summed E-state index contributed by atoms with van der Waals surface area (Å²) in [5.41, 5.74) is 4.27. The lowest BCUT2D eigenvalue weighted by Gasteiger charge is -2.15. The van der Waals surface area contributed by atoms with Gasteiger partial charge in [-0.2, -0.15) is 0 Å². The molecule has 1 heterocycles. The molecule has 62 valence electrons. The molecule has 12 heavy (non-hydrogen) atoms. The minimum atomic E-state index is 1.15. The van der Waals surface area contributed by atoms with Crippen LogP contribution in [0.3, 0.4) is 0 Å². The zero-order valence-corrected chi connectivity index (χ0v) is 8.24. The molecule has 0 N–H and O–H groups in total. The molecule has 0 fully saturated rings. The van der Waals surface area contributed by atoms with Crippen molar-refractivity contribution in [2.45, 2.75) is 18.7 Å². The molecule has 1 aliphatic heterocycles. The summed E-state index contributed by atoms with van der Waals surface area (Å²) < 4.78 is 0. The van der Waals surface area contributed by atoms with Crippen LogP contribution in [-0.2, 0) is 0 Å². The van der Waals surface area contributed by atoms with Crippen molar-refractivity contribution in [3.63, 3.8) is 0 Å². The third-order valence-electron chi connectivity index (χ3n) is 2.09. The van der Waals surface area contributed by atoms with E-state index in [2.05, 4.69) is 38.1 Å². The number of fused-ring (bicyclic) bond motifs is 1. The zero-order chi connectivity index (χ0) is 8.55. The van der Waals surface area contributed by atoms with Gasteiger partial charge in [0.05, 0.1) is 0 Å². The lowest BCUT2D eigenvalue weighted by molar-refractivity contribution is 1.25. The van der Waals surface area contributed by atoms with Crippen LogP contribution in [0.5, 0.6) is 0 Å². The van der Waals surface area contributed by atoms with Crippen molar-refractivity contribution in [2.75, 3.05) is 5.75 Å². The van der Waals surface area contributed by atoms with Crippen molar-refractivity contribution >= 4 is 17.8 Å². The molecule has 0 spiro atoms. The number of hydrogen-bond donors (Lipinski definition) is 0. The maximum absolute atomic E-state index is 2.29. The molecule has 0 unspecified atom stereocenters. The van der Waals surface area contributed by atoms with Gasteiger partial charge in [0, 0.05) is 10.6 Å². The summed E-state index contributed by atoms with van der Waals surface area (Å²) in [6.45, 7) is 4.37. The number of aryl methyl sites for hydroxylation is 1. The predicted octanol–water partition coefficient (Wildman–Crippen LogP) is 3.50. The molecule has 0 nitrogen and oxygen atoms in total. The molecular weight excluding hydrogens is 164 g/mol. The Morgan fingerprint density at radius 2 is 2.08 bits per heavy atom. The van der Waals surface area contributed by atoms with Gasteiger partial charge in [0.2, 0.25) is 0 Å². The first-order valence-corrected chi connectivity index (χ1v) is 5.15. The van der Waals surface area contributed by atoms with E-state index in [-0.39, 0.29) is 0 Å². The Labute approximate surface area is 77.7 Å². The van der Waals surface area contributed by atoms with Crippen LogP contribution < -0.4 is 0 Å². The topological polar surface area (TPSA) is 0 Å². The van der Waals surface area contributed by atoms with Gasteiger partial charge in [-0.25, -0.2) is 0 Å². The van der Waals surface area contributed by atoms with Crippen LogP contribution >= 0.6 is 11.8 Å². The normalized spacial score (nSPS) is 15.3. The summed E-state index contributed by atoms with van der Waals surface area (Å²) in [4.78, 5) is 1.46. The first-order chi connectivity index (χ1) is 5.77. The molecule has 1 aromatic carbocycles. The Morgan fingerprint density at radius 1 is 1.25 bits per heavy atom. The molecule has 0 radical (unpaired) electrons. The van der Waals surface area contributed by atoms with E-state index in [4.69, 9.17) is 0 Å². The first kappa shape index (κ1) is 7.93. The molecule has 0 saturated heterocycles. The summed E-state index contributed by atoms with van der Waals surface area (Å²) in [6, 6.07) is 6.50. The number of thioether (sulfide) groups is 1. The Balaban J connectivity index is 2.57. The molecule has 0 aliphatic carbocycles. The molecule has 1 aliphatic rings. The number of benzene rings is 1. The quantitative estimate of drug-likeness (QED) is 0.583. The summed E-state index contributed by atoms with van der Waals surface area (Å²) in [7, 11) is 0. The van der Waals surface area contributed by atoms with Gasteiger partial charge in [-0.15, -0.1) is 11.8 Å². The highest BCUT2D eigenvalue weighted by atomic mass is 32.2. The monoisotopic (exact) mass is 176 g/mol. The van der Waals surface area contributed by atoms with E-state index in [1.165, 1.54) is 21.6 Å². The highest BCUT2D eigenvalue weighted by molar-refractivity contribution is 7.99. The van der Waals surface area contributed by atoms with E-state index in [0.717, 1.165) is 5.75 Å². The molecule has 2 rings (SSSR count). The summed E-state index contributed by atoms with van der Waals surface area (Å²) >= 11 is 1.96. The van der Waals surface area contributed by atoms with Gasteiger partial charge in [-0.3, -0.25) is 0 Å². The molecule has 1 heteroatoms. The van der Waals surface area contributed by atoms with Gasteiger partial charge in [0.15, 0.2) is 0 Å². The smallest absolute Gasteiger partial charge is 0.0191 e. The average Bonchev–Trinajstić information content (AvgIpc) is 2.04. The van der Waals surface area contributed by atoms with Crippen LogP contribution in [0.4, 0.5) is 0 Å². The lowest BCUT2D eigenvalue weighted by Crippen LogP contribution is -1.94. The van der Waals surface area contributed by atoms with Crippen LogP contribution in [0, 0.1) is 6.92 Å². The minimum Gasteiger partial charge on any atom is -0.121 e. The van der Waals surface area contributed by atoms with E-state index in [9.17, 15) is 0 Å². The third-order valence-corrected chi connectivity index (χ3v) is 3.53. The molecular formula is C11H12S. The Morgan fingerprint density at radius 3 is 2.92 bits per heavy atom. The average molecular weight is 176 g/mol. The minimum absolute atomic E-state index is 1.15. The van der Waals surface area contributed by atoms with E-state index in [0.29, 0.717) is 0 Å². The fourth-order valence-corrected chi connectivity index (χ4v) is 2.52. The van der Waals surface area contributed by atoms with Crippen molar-refractivity contribution in [3.05, 3.63) is 34.9 Å². The molecule has 0 amide bonds. The molecule has 1 aromatic rings. The fourth-order valence-electron chi connectivity index (χ4n) is 1.48. The summed E-state index contributed by atoms with van der Waals surface area (Å²) in [5, 5.41) is 0. The highest BCUT2D eigenvalue weighted by Crippen LogP contribution is 2.33. The maximum atomic E-state index is 2.29. The van der Waals surface area contributed by atoms with Crippen LogP contribution in [0.25, 0.3) is 6.08 Å². The van der Waals surface area contributed by atoms with Crippen molar-refractivity contribution in [3.8, 4) is 0 Å². The fraction of sp³-hybridized carbons (Fsp3) is 0.273. The maximum Gasteiger partial charge on any atom is 0.0191 e. The van der Waals surface area contributed by atoms with Crippen molar-refractivity contribution in [1.29, 1.82) is 0 Å². The second-order valence-electron chi connectivity index (χ2n) is 3.27. The van der Waals surface area contributed by atoms with E-state index in [1.807, 2.05) is 11.8 Å². The van der Waals surface area contributed by atoms with Crippen LogP contribution in [0.1, 0.15) is 18.1 Å². The van der Waals surface area contributed by atoms with Gasteiger partial charge in [-0.05, 0) is 25.0 Å². The molecule has 0 atom stereocenters. The van der Waals surface area contributed by atoms with Gasteiger partial charge in [0.1, 0.15) is 0 Å². The van der Waals surface area contributed by atoms with Crippen LogP contribution in [0.15, 0.2) is 28.7 Å². The number of rotatable bonds is 0. The second-order valence-corrected chi connectivity index (χ2v) is 4.26. The Kier molecular flexibility index (Phi) is 1.97.